The predicted octanol–water partition coefficient (Wildman–Crippen LogP) is 9.16. The summed E-state index contributed by atoms with van der Waals surface area (Å²) in [6.07, 6.45) is 20.6. The van der Waals surface area contributed by atoms with Crippen molar-refractivity contribution in [1.29, 1.82) is 0 Å². The minimum Gasteiger partial charge on any atom is -0.464 e. The van der Waals surface area contributed by atoms with Crippen LogP contribution in [0.4, 0.5) is 0 Å². The van der Waals surface area contributed by atoms with E-state index in [1.165, 1.54) is 77.0 Å². The van der Waals surface area contributed by atoms with Crippen molar-refractivity contribution in [2.24, 2.45) is 0 Å². The fourth-order valence-corrected chi connectivity index (χ4v) is 5.08. The third kappa shape index (κ3) is 18.6. The molecule has 0 unspecified atom stereocenters. The molecule has 2 atom stereocenters. The first kappa shape index (κ1) is 36.7. The Labute approximate surface area is 250 Å². The van der Waals surface area contributed by atoms with Crippen LogP contribution in [0.1, 0.15) is 161 Å². The minimum atomic E-state index is -1.09. The van der Waals surface area contributed by atoms with Crippen LogP contribution in [0.2, 0.25) is 0 Å². The Morgan fingerprint density at radius 1 is 0.634 bits per heavy atom. The van der Waals surface area contributed by atoms with Crippen LogP contribution in [0.15, 0.2) is 30.3 Å². The van der Waals surface area contributed by atoms with Gasteiger partial charge in [-0.2, -0.15) is 0 Å². The molecule has 0 aliphatic rings. The number of hydrogen-bond donors (Lipinski definition) is 1. The van der Waals surface area contributed by atoms with Crippen LogP contribution >= 0.6 is 0 Å². The third-order valence-corrected chi connectivity index (χ3v) is 7.54. The van der Waals surface area contributed by atoms with Gasteiger partial charge in [-0.15, -0.1) is 0 Å². The Hall–Kier alpha value is -2.37. The molecule has 0 heterocycles. The van der Waals surface area contributed by atoms with Crippen LogP contribution in [-0.4, -0.2) is 30.5 Å². The topological polar surface area (TPSA) is 81.7 Å². The number of amides is 1. The molecule has 6 nitrogen and oxygen atoms in total. The Balaban J connectivity index is 2.63. The van der Waals surface area contributed by atoms with Gasteiger partial charge in [0, 0.05) is 12.8 Å². The number of rotatable bonds is 26. The summed E-state index contributed by atoms with van der Waals surface area (Å²) >= 11 is 0. The van der Waals surface area contributed by atoms with Crippen molar-refractivity contribution in [3.05, 3.63) is 35.9 Å². The Bertz CT molecular complexity index is 797. The maximum Gasteiger partial charge on any atom is 0.332 e. The van der Waals surface area contributed by atoms with Crippen molar-refractivity contribution in [2.45, 2.75) is 161 Å². The van der Waals surface area contributed by atoms with Crippen molar-refractivity contribution >= 4 is 17.8 Å². The van der Waals surface area contributed by atoms with Gasteiger partial charge in [-0.3, -0.25) is 9.59 Å². The average molecular weight is 574 g/mol. The van der Waals surface area contributed by atoms with Crippen molar-refractivity contribution in [1.82, 2.24) is 5.32 Å². The molecule has 1 N–H and O–H groups in total. The van der Waals surface area contributed by atoms with Crippen molar-refractivity contribution in [2.75, 3.05) is 6.61 Å². The Morgan fingerprint density at radius 3 is 1.59 bits per heavy atom. The molecule has 0 bridgehead atoms. The number of hydrogen-bond acceptors (Lipinski definition) is 5. The molecule has 1 aromatic rings. The van der Waals surface area contributed by atoms with Gasteiger partial charge in [0.1, 0.15) is 0 Å². The second-order valence-corrected chi connectivity index (χ2v) is 11.3. The fraction of sp³-hybridized carbons (Fsp3) is 0.743. The van der Waals surface area contributed by atoms with Crippen molar-refractivity contribution in [3.8, 4) is 0 Å². The maximum absolute atomic E-state index is 13.0. The highest BCUT2D eigenvalue weighted by Gasteiger charge is 2.35. The van der Waals surface area contributed by atoms with Crippen LogP contribution in [0.5, 0.6) is 0 Å². The normalized spacial score (nSPS) is 12.5. The molecular formula is C35H59NO5. The number of unbranched alkanes of at least 4 members (excludes halogenated alkanes) is 16. The molecule has 41 heavy (non-hydrogen) atoms. The van der Waals surface area contributed by atoms with E-state index >= 15 is 0 Å². The first-order valence-corrected chi connectivity index (χ1v) is 16.7. The van der Waals surface area contributed by atoms with Crippen LogP contribution in [-0.2, 0) is 23.9 Å². The fourth-order valence-electron chi connectivity index (χ4n) is 5.08. The zero-order chi connectivity index (χ0) is 30.0. The molecule has 0 spiro atoms. The SMILES string of the molecule is CCCCCCCCCCCC(=O)N[C@H](C(=O)OCC)[C@H](OC(=O)CCCCCCCCCCC)c1ccccc1. The number of carbonyl (C=O) groups is 3. The van der Waals surface area contributed by atoms with Crippen LogP contribution in [0, 0.1) is 0 Å². The van der Waals surface area contributed by atoms with E-state index in [1.807, 2.05) is 30.3 Å². The van der Waals surface area contributed by atoms with E-state index in [0.717, 1.165) is 38.5 Å². The lowest BCUT2D eigenvalue weighted by atomic mass is 10.0. The minimum absolute atomic E-state index is 0.178. The molecular weight excluding hydrogens is 514 g/mol. The Morgan fingerprint density at radius 2 is 1.10 bits per heavy atom. The number of carbonyl (C=O) groups excluding carboxylic acids is 3. The van der Waals surface area contributed by atoms with E-state index in [9.17, 15) is 14.4 Å². The van der Waals surface area contributed by atoms with E-state index in [0.29, 0.717) is 18.4 Å². The molecule has 1 rings (SSSR count). The summed E-state index contributed by atoms with van der Waals surface area (Å²) in [6.45, 7) is 6.36. The van der Waals surface area contributed by atoms with Gasteiger partial charge in [-0.1, -0.05) is 147 Å². The summed E-state index contributed by atoms with van der Waals surface area (Å²) in [6, 6.07) is 8.08. The zero-order valence-corrected chi connectivity index (χ0v) is 26.4. The smallest absolute Gasteiger partial charge is 0.332 e. The predicted molar refractivity (Wildman–Crippen MR) is 168 cm³/mol. The molecule has 6 heteroatoms. The van der Waals surface area contributed by atoms with Gasteiger partial charge >= 0.3 is 11.9 Å². The number of esters is 2. The molecule has 1 aromatic carbocycles. The number of nitrogens with one attached hydrogen (secondary N) is 1. The average Bonchev–Trinajstić information content (AvgIpc) is 2.97. The highest BCUT2D eigenvalue weighted by molar-refractivity contribution is 5.85. The monoisotopic (exact) mass is 573 g/mol. The molecule has 0 saturated carbocycles. The van der Waals surface area contributed by atoms with Crippen LogP contribution < -0.4 is 5.32 Å². The standard InChI is InChI=1S/C35H59NO5/c1-4-7-9-11-13-15-17-19-24-28-31(37)36-33(35(39)40-6-3)34(30-26-22-21-23-27-30)41-32(38)29-25-20-18-16-14-12-10-8-5-2/h21-23,26-27,33-34H,4-20,24-25,28-29H2,1-3H3,(H,36,37)/t33-,34+/m0/s1. The van der Waals surface area contributed by atoms with E-state index < -0.39 is 18.1 Å². The first-order valence-electron chi connectivity index (χ1n) is 16.7. The van der Waals surface area contributed by atoms with Gasteiger partial charge in [0.2, 0.25) is 5.91 Å². The number of benzene rings is 1. The summed E-state index contributed by atoms with van der Waals surface area (Å²) in [5.74, 6) is -1.16. The molecule has 1 amide bonds. The van der Waals surface area contributed by atoms with Crippen molar-refractivity contribution in [3.63, 3.8) is 0 Å². The second-order valence-electron chi connectivity index (χ2n) is 11.3. The van der Waals surface area contributed by atoms with Gasteiger partial charge in [0.15, 0.2) is 12.1 Å². The first-order chi connectivity index (χ1) is 20.0. The van der Waals surface area contributed by atoms with Crippen LogP contribution in [0.25, 0.3) is 0 Å². The number of ether oxygens (including phenoxy) is 2. The summed E-state index contributed by atoms with van der Waals surface area (Å²) in [4.78, 5) is 38.8. The lowest BCUT2D eigenvalue weighted by Crippen LogP contribution is -2.47. The van der Waals surface area contributed by atoms with Gasteiger partial charge in [0.05, 0.1) is 6.61 Å². The Kier molecular flexibility index (Phi) is 22.7. The van der Waals surface area contributed by atoms with Crippen molar-refractivity contribution < 1.29 is 23.9 Å². The third-order valence-electron chi connectivity index (χ3n) is 7.54. The second kappa shape index (κ2) is 25.3. The van der Waals surface area contributed by atoms with Gasteiger partial charge in [-0.05, 0) is 25.3 Å². The molecule has 0 aliphatic carbocycles. The van der Waals surface area contributed by atoms with Gasteiger partial charge in [-0.25, -0.2) is 4.79 Å². The molecule has 0 fully saturated rings. The largest absolute Gasteiger partial charge is 0.464 e. The summed E-state index contributed by atoms with van der Waals surface area (Å²) < 4.78 is 11.2. The van der Waals surface area contributed by atoms with Crippen LogP contribution in [0.3, 0.4) is 0 Å². The lowest BCUT2D eigenvalue weighted by Gasteiger charge is -2.27. The zero-order valence-electron chi connectivity index (χ0n) is 26.4. The molecule has 0 aromatic heterocycles. The van der Waals surface area contributed by atoms with E-state index in [-0.39, 0.29) is 18.5 Å². The summed E-state index contributed by atoms with van der Waals surface area (Å²) in [5, 5.41) is 2.84. The molecule has 0 saturated heterocycles. The van der Waals surface area contributed by atoms with E-state index in [2.05, 4.69) is 19.2 Å². The highest BCUT2D eigenvalue weighted by atomic mass is 16.6. The van der Waals surface area contributed by atoms with E-state index in [4.69, 9.17) is 9.47 Å². The quantitative estimate of drug-likeness (QED) is 0.0882. The molecule has 0 radical (unpaired) electrons. The van der Waals surface area contributed by atoms with E-state index in [1.54, 1.807) is 6.92 Å². The summed E-state index contributed by atoms with van der Waals surface area (Å²) in [5.41, 5.74) is 0.661. The molecule has 0 aliphatic heterocycles. The maximum atomic E-state index is 13.0. The highest BCUT2D eigenvalue weighted by Crippen LogP contribution is 2.24. The summed E-state index contributed by atoms with van der Waals surface area (Å²) in [7, 11) is 0. The molecule has 234 valence electrons. The van der Waals surface area contributed by atoms with Gasteiger partial charge < -0.3 is 14.8 Å². The lowest BCUT2D eigenvalue weighted by molar-refractivity contribution is -0.160. The van der Waals surface area contributed by atoms with Gasteiger partial charge in [0.25, 0.3) is 0 Å².